The van der Waals surface area contributed by atoms with Gasteiger partial charge in [0.1, 0.15) is 5.56 Å². The van der Waals surface area contributed by atoms with Crippen LogP contribution in [0.5, 0.6) is 0 Å². The molecule has 0 saturated carbocycles. The Bertz CT molecular complexity index is 1090. The molecule has 2 aromatic heterocycles. The molecule has 1 unspecified atom stereocenters. The topological polar surface area (TPSA) is 79.8 Å². The molecule has 6 heteroatoms. The molecule has 0 bridgehead atoms. The number of nitrogens with zero attached hydrogens (tertiary/aromatic N) is 2. The molecule has 1 aliphatic carbocycles. The quantitative estimate of drug-likeness (QED) is 0.736. The molecule has 2 heterocycles. The fourth-order valence-electron chi connectivity index (χ4n) is 3.99. The second-order valence-corrected chi connectivity index (χ2v) is 7.62. The van der Waals surface area contributed by atoms with Crippen LogP contribution in [0.15, 0.2) is 41.5 Å². The van der Waals surface area contributed by atoms with E-state index in [9.17, 15) is 9.59 Å². The summed E-state index contributed by atoms with van der Waals surface area (Å²) in [4.78, 5) is 27.7. The van der Waals surface area contributed by atoms with E-state index in [0.717, 1.165) is 41.9 Å². The Hall–Kier alpha value is -3.15. The summed E-state index contributed by atoms with van der Waals surface area (Å²) in [7, 11) is 0. The Morgan fingerprint density at radius 3 is 2.64 bits per heavy atom. The second kappa shape index (κ2) is 7.11. The van der Waals surface area contributed by atoms with Crippen molar-refractivity contribution in [3.8, 4) is 5.69 Å². The summed E-state index contributed by atoms with van der Waals surface area (Å²) in [5.41, 5.74) is 6.19. The van der Waals surface area contributed by atoms with E-state index in [1.54, 1.807) is 6.92 Å². The van der Waals surface area contributed by atoms with Crippen LogP contribution in [0.3, 0.4) is 0 Å². The van der Waals surface area contributed by atoms with Crippen LogP contribution >= 0.6 is 0 Å². The first-order valence-electron chi connectivity index (χ1n) is 9.58. The molecule has 0 aliphatic heterocycles. The summed E-state index contributed by atoms with van der Waals surface area (Å²) >= 11 is 0. The highest BCUT2D eigenvalue weighted by molar-refractivity contribution is 5.94. The van der Waals surface area contributed by atoms with Gasteiger partial charge in [-0.2, -0.15) is 5.10 Å². The highest BCUT2D eigenvalue weighted by Gasteiger charge is 2.27. The Morgan fingerprint density at radius 1 is 1.18 bits per heavy atom. The van der Waals surface area contributed by atoms with Crippen LogP contribution in [-0.2, 0) is 6.42 Å². The molecule has 1 amide bonds. The van der Waals surface area contributed by atoms with Crippen molar-refractivity contribution in [1.82, 2.24) is 20.1 Å². The molecule has 0 fully saturated rings. The molecule has 4 rings (SSSR count). The number of aromatic nitrogens is 3. The fourth-order valence-corrected chi connectivity index (χ4v) is 3.99. The zero-order valence-electron chi connectivity index (χ0n) is 16.4. The van der Waals surface area contributed by atoms with Crippen molar-refractivity contribution in [3.63, 3.8) is 0 Å². The third-order valence-electron chi connectivity index (χ3n) is 5.24. The Kier molecular flexibility index (Phi) is 4.63. The summed E-state index contributed by atoms with van der Waals surface area (Å²) < 4.78 is 1.98. The van der Waals surface area contributed by atoms with Gasteiger partial charge >= 0.3 is 0 Å². The molecule has 0 radical (unpaired) electrons. The van der Waals surface area contributed by atoms with E-state index in [0.29, 0.717) is 0 Å². The number of fused-ring (bicyclic) bond motifs is 1. The van der Waals surface area contributed by atoms with Gasteiger partial charge in [-0.05, 0) is 63.3 Å². The van der Waals surface area contributed by atoms with Gasteiger partial charge in [0.2, 0.25) is 0 Å². The number of hydrogen-bond donors (Lipinski definition) is 2. The number of rotatable bonds is 3. The summed E-state index contributed by atoms with van der Waals surface area (Å²) in [5.74, 6) is -0.349. The summed E-state index contributed by atoms with van der Waals surface area (Å²) in [6.07, 6.45) is 6.03. The molecule has 0 spiro atoms. The molecule has 2 N–H and O–H groups in total. The van der Waals surface area contributed by atoms with Gasteiger partial charge in [0.05, 0.1) is 17.9 Å². The highest BCUT2D eigenvalue weighted by Crippen LogP contribution is 2.31. The van der Waals surface area contributed by atoms with Crippen LogP contribution in [0, 0.1) is 20.8 Å². The number of benzene rings is 1. The van der Waals surface area contributed by atoms with Gasteiger partial charge in [0.15, 0.2) is 5.43 Å². The average Bonchev–Trinajstić information content (AvgIpc) is 3.06. The number of hydrogen-bond acceptors (Lipinski definition) is 3. The molecule has 3 aromatic rings. The number of amides is 1. The summed E-state index contributed by atoms with van der Waals surface area (Å²) in [5, 5.41) is 7.63. The molecule has 6 nitrogen and oxygen atoms in total. The standard InChI is InChI=1S/C22H24N4O2/c1-13-7-14(2)9-16(8-13)26-20-6-4-5-19(17(20)12-24-26)25-22(28)18-11-23-15(3)10-21(18)27/h7-12,19H,4-6H2,1-3H3,(H,23,27)(H,25,28). The third kappa shape index (κ3) is 3.38. The fraction of sp³-hybridized carbons (Fsp3) is 0.318. The maximum atomic E-state index is 12.7. The maximum absolute atomic E-state index is 12.7. The van der Waals surface area contributed by atoms with Crippen LogP contribution in [0.2, 0.25) is 0 Å². The minimum atomic E-state index is -0.349. The van der Waals surface area contributed by atoms with E-state index < -0.39 is 0 Å². The minimum Gasteiger partial charge on any atom is -0.364 e. The van der Waals surface area contributed by atoms with Crippen molar-refractivity contribution in [2.45, 2.75) is 46.1 Å². The van der Waals surface area contributed by atoms with E-state index >= 15 is 0 Å². The zero-order chi connectivity index (χ0) is 19.8. The van der Waals surface area contributed by atoms with Gasteiger partial charge in [-0.15, -0.1) is 0 Å². The largest absolute Gasteiger partial charge is 0.364 e. The molecule has 0 saturated heterocycles. The van der Waals surface area contributed by atoms with Gasteiger partial charge in [-0.1, -0.05) is 6.07 Å². The molecular formula is C22H24N4O2. The Labute approximate surface area is 163 Å². The first-order chi connectivity index (χ1) is 13.4. The summed E-state index contributed by atoms with van der Waals surface area (Å²) in [6, 6.07) is 7.68. The van der Waals surface area contributed by atoms with Crippen molar-refractivity contribution in [2.75, 3.05) is 0 Å². The highest BCUT2D eigenvalue weighted by atomic mass is 16.2. The number of carbonyl (C=O) groups is 1. The van der Waals surface area contributed by atoms with Crippen LogP contribution in [0.1, 0.15) is 57.3 Å². The predicted octanol–water partition coefficient (Wildman–Crippen LogP) is 3.29. The Morgan fingerprint density at radius 2 is 1.93 bits per heavy atom. The first-order valence-corrected chi connectivity index (χ1v) is 9.58. The van der Waals surface area contributed by atoms with Crippen LogP contribution in [0.25, 0.3) is 5.69 Å². The smallest absolute Gasteiger partial charge is 0.257 e. The monoisotopic (exact) mass is 376 g/mol. The number of pyridine rings is 1. The normalized spacial score (nSPS) is 15.9. The van der Waals surface area contributed by atoms with E-state index in [4.69, 9.17) is 0 Å². The van der Waals surface area contributed by atoms with Crippen LogP contribution in [0.4, 0.5) is 0 Å². The number of aryl methyl sites for hydroxylation is 3. The molecule has 1 aromatic carbocycles. The van der Waals surface area contributed by atoms with Gasteiger partial charge in [0.25, 0.3) is 5.91 Å². The number of aromatic amines is 1. The van der Waals surface area contributed by atoms with E-state index in [2.05, 4.69) is 47.4 Å². The lowest BCUT2D eigenvalue weighted by Gasteiger charge is -2.24. The SMILES string of the molecule is Cc1cc(C)cc(-n2ncc3c2CCCC3NC(=O)c2c[nH]c(C)cc2=O)c1. The predicted molar refractivity (Wildman–Crippen MR) is 108 cm³/mol. The zero-order valence-corrected chi connectivity index (χ0v) is 16.4. The summed E-state index contributed by atoms with van der Waals surface area (Å²) in [6.45, 7) is 5.95. The maximum Gasteiger partial charge on any atom is 0.257 e. The van der Waals surface area contributed by atoms with E-state index in [1.807, 2.05) is 10.9 Å². The van der Waals surface area contributed by atoms with Gasteiger partial charge in [0, 0.05) is 29.2 Å². The molecule has 28 heavy (non-hydrogen) atoms. The van der Waals surface area contributed by atoms with E-state index in [1.165, 1.54) is 23.4 Å². The van der Waals surface area contributed by atoms with Gasteiger partial charge in [-0.25, -0.2) is 4.68 Å². The van der Waals surface area contributed by atoms with Crippen molar-refractivity contribution in [2.24, 2.45) is 0 Å². The van der Waals surface area contributed by atoms with Crippen LogP contribution in [-0.4, -0.2) is 20.7 Å². The third-order valence-corrected chi connectivity index (χ3v) is 5.24. The lowest BCUT2D eigenvalue weighted by Crippen LogP contribution is -2.33. The number of H-pyrrole nitrogens is 1. The number of nitrogens with one attached hydrogen (secondary N) is 2. The first kappa shape index (κ1) is 18.2. The molecular weight excluding hydrogens is 352 g/mol. The minimum absolute atomic E-state index is 0.138. The van der Waals surface area contributed by atoms with Crippen molar-refractivity contribution >= 4 is 5.91 Å². The van der Waals surface area contributed by atoms with Gasteiger partial charge in [-0.3, -0.25) is 9.59 Å². The molecule has 1 atom stereocenters. The van der Waals surface area contributed by atoms with Crippen molar-refractivity contribution in [1.29, 1.82) is 0 Å². The van der Waals surface area contributed by atoms with Gasteiger partial charge < -0.3 is 10.3 Å². The molecule has 144 valence electrons. The van der Waals surface area contributed by atoms with Crippen LogP contribution < -0.4 is 10.7 Å². The van der Waals surface area contributed by atoms with Crippen molar-refractivity contribution < 1.29 is 4.79 Å². The second-order valence-electron chi connectivity index (χ2n) is 7.62. The number of carbonyl (C=O) groups excluding carboxylic acids is 1. The lowest BCUT2D eigenvalue weighted by atomic mass is 9.92. The lowest BCUT2D eigenvalue weighted by molar-refractivity contribution is 0.0931. The average molecular weight is 376 g/mol. The Balaban J connectivity index is 1.64. The van der Waals surface area contributed by atoms with E-state index in [-0.39, 0.29) is 22.9 Å². The molecule has 1 aliphatic rings. The van der Waals surface area contributed by atoms with Crippen molar-refractivity contribution in [3.05, 3.63) is 80.5 Å².